The molecule has 0 saturated heterocycles. The molecular formula is C11H11N3O. The summed E-state index contributed by atoms with van der Waals surface area (Å²) in [5, 5.41) is 9.44. The van der Waals surface area contributed by atoms with Crippen LogP contribution in [0, 0.1) is 11.3 Å². The number of aryl methyl sites for hydroxylation is 1. The molecule has 0 N–H and O–H groups in total. The first kappa shape index (κ1) is 9.53. The summed E-state index contributed by atoms with van der Waals surface area (Å²) >= 11 is 0. The highest BCUT2D eigenvalue weighted by molar-refractivity contribution is 5.84. The van der Waals surface area contributed by atoms with Gasteiger partial charge in [-0.3, -0.25) is 14.2 Å². The van der Waals surface area contributed by atoms with Crippen LogP contribution in [0.5, 0.6) is 0 Å². The Morgan fingerprint density at radius 1 is 1.47 bits per heavy atom. The van der Waals surface area contributed by atoms with E-state index >= 15 is 0 Å². The van der Waals surface area contributed by atoms with Gasteiger partial charge in [-0.1, -0.05) is 6.07 Å². The van der Waals surface area contributed by atoms with Crippen LogP contribution in [-0.2, 0) is 13.6 Å². The third-order valence-corrected chi connectivity index (χ3v) is 2.62. The van der Waals surface area contributed by atoms with E-state index in [1.165, 1.54) is 0 Å². The summed E-state index contributed by atoms with van der Waals surface area (Å²) in [5.74, 6) is 0. The van der Waals surface area contributed by atoms with Crippen molar-refractivity contribution in [2.75, 3.05) is 0 Å². The predicted molar refractivity (Wildman–Crippen MR) is 57.6 cm³/mol. The van der Waals surface area contributed by atoms with E-state index in [2.05, 4.69) is 0 Å². The zero-order chi connectivity index (χ0) is 11.0. The van der Waals surface area contributed by atoms with E-state index in [-0.39, 0.29) is 5.56 Å². The van der Waals surface area contributed by atoms with Gasteiger partial charge in [-0.15, -0.1) is 0 Å². The number of nitrogens with zero attached hydrogens (tertiary/aromatic N) is 3. The largest absolute Gasteiger partial charge is 0.285 e. The lowest BCUT2D eigenvalue weighted by molar-refractivity contribution is 0.532. The van der Waals surface area contributed by atoms with Gasteiger partial charge < -0.3 is 0 Å². The van der Waals surface area contributed by atoms with Crippen molar-refractivity contribution in [3.05, 3.63) is 34.1 Å². The average molecular weight is 201 g/mol. The molecular weight excluding hydrogens is 190 g/mol. The lowest BCUT2D eigenvalue weighted by Crippen LogP contribution is -2.20. The van der Waals surface area contributed by atoms with Gasteiger partial charge in [0.15, 0.2) is 0 Å². The first-order chi connectivity index (χ1) is 7.20. The van der Waals surface area contributed by atoms with Crippen molar-refractivity contribution in [3.63, 3.8) is 0 Å². The smallest absolute Gasteiger partial charge is 0.275 e. The third-order valence-electron chi connectivity index (χ3n) is 2.62. The molecule has 0 radical (unpaired) electrons. The van der Waals surface area contributed by atoms with Crippen molar-refractivity contribution in [2.24, 2.45) is 7.05 Å². The molecule has 0 saturated carbocycles. The molecule has 0 aliphatic rings. The quantitative estimate of drug-likeness (QED) is 0.696. The third kappa shape index (κ3) is 1.17. The Bertz CT molecular complexity index is 613. The molecule has 0 unspecified atom stereocenters. The minimum absolute atomic E-state index is 0.0906. The van der Waals surface area contributed by atoms with Crippen LogP contribution in [0.25, 0.3) is 10.9 Å². The van der Waals surface area contributed by atoms with Gasteiger partial charge in [0.25, 0.3) is 5.56 Å². The van der Waals surface area contributed by atoms with Crippen molar-refractivity contribution in [3.8, 4) is 6.07 Å². The maximum Gasteiger partial charge on any atom is 0.275 e. The zero-order valence-corrected chi connectivity index (χ0v) is 8.69. The van der Waals surface area contributed by atoms with Gasteiger partial charge >= 0.3 is 0 Å². The molecule has 0 spiro atoms. The van der Waals surface area contributed by atoms with Gasteiger partial charge in [0, 0.05) is 13.6 Å². The Kier molecular flexibility index (Phi) is 2.09. The highest BCUT2D eigenvalue weighted by atomic mass is 16.1. The summed E-state index contributed by atoms with van der Waals surface area (Å²) in [4.78, 5) is 12.0. The number of rotatable bonds is 1. The maximum atomic E-state index is 12.0. The number of nitriles is 1. The van der Waals surface area contributed by atoms with Gasteiger partial charge in [-0.2, -0.15) is 5.26 Å². The lowest BCUT2D eigenvalue weighted by atomic mass is 10.1. The van der Waals surface area contributed by atoms with Crippen LogP contribution in [0.3, 0.4) is 0 Å². The van der Waals surface area contributed by atoms with Crippen LogP contribution < -0.4 is 5.56 Å². The topological polar surface area (TPSA) is 50.7 Å². The van der Waals surface area contributed by atoms with Crippen LogP contribution >= 0.6 is 0 Å². The lowest BCUT2D eigenvalue weighted by Gasteiger charge is -2.02. The van der Waals surface area contributed by atoms with Gasteiger partial charge in [0.05, 0.1) is 16.5 Å². The standard InChI is InChI=1S/C11H11N3O/c1-3-14-11(15)10-8(7-12)5-4-6-9(10)13(14)2/h4-6H,3H2,1-2H3. The van der Waals surface area contributed by atoms with Crippen LogP contribution in [0.2, 0.25) is 0 Å². The molecule has 0 amide bonds. The highest BCUT2D eigenvalue weighted by Crippen LogP contribution is 2.14. The van der Waals surface area contributed by atoms with Crippen LogP contribution in [0.15, 0.2) is 23.0 Å². The van der Waals surface area contributed by atoms with Gasteiger partial charge in [-0.25, -0.2) is 0 Å². The molecule has 0 bridgehead atoms. The Hall–Kier alpha value is -2.02. The Balaban J connectivity index is 3.04. The van der Waals surface area contributed by atoms with Gasteiger partial charge in [0.1, 0.15) is 6.07 Å². The van der Waals surface area contributed by atoms with Crippen molar-refractivity contribution in [1.29, 1.82) is 5.26 Å². The van der Waals surface area contributed by atoms with Gasteiger partial charge in [-0.05, 0) is 19.1 Å². The van der Waals surface area contributed by atoms with E-state index in [1.54, 1.807) is 21.5 Å². The minimum Gasteiger partial charge on any atom is -0.285 e. The van der Waals surface area contributed by atoms with E-state index in [0.29, 0.717) is 17.5 Å². The van der Waals surface area contributed by atoms with Crippen LogP contribution in [0.1, 0.15) is 12.5 Å². The molecule has 15 heavy (non-hydrogen) atoms. The SMILES string of the molecule is CCn1c(=O)c2c(C#N)cccc2n1C. The minimum atomic E-state index is -0.0906. The van der Waals surface area contributed by atoms with E-state index in [1.807, 2.05) is 26.1 Å². The number of hydrogen-bond donors (Lipinski definition) is 0. The molecule has 1 aromatic carbocycles. The normalized spacial score (nSPS) is 10.5. The van der Waals surface area contributed by atoms with Crippen molar-refractivity contribution < 1.29 is 0 Å². The highest BCUT2D eigenvalue weighted by Gasteiger charge is 2.12. The molecule has 76 valence electrons. The van der Waals surface area contributed by atoms with Crippen LogP contribution in [0.4, 0.5) is 0 Å². The molecule has 2 rings (SSSR count). The van der Waals surface area contributed by atoms with E-state index in [4.69, 9.17) is 5.26 Å². The number of fused-ring (bicyclic) bond motifs is 1. The summed E-state index contributed by atoms with van der Waals surface area (Å²) in [6, 6.07) is 7.36. The molecule has 0 aliphatic carbocycles. The molecule has 2 aromatic rings. The molecule has 0 fully saturated rings. The number of hydrogen-bond acceptors (Lipinski definition) is 2. The van der Waals surface area contributed by atoms with E-state index in [0.717, 1.165) is 5.52 Å². The molecule has 1 heterocycles. The monoisotopic (exact) mass is 201 g/mol. The Morgan fingerprint density at radius 3 is 2.80 bits per heavy atom. The van der Waals surface area contributed by atoms with Crippen LogP contribution in [-0.4, -0.2) is 9.36 Å². The summed E-state index contributed by atoms with van der Waals surface area (Å²) in [7, 11) is 1.83. The maximum absolute atomic E-state index is 12.0. The zero-order valence-electron chi connectivity index (χ0n) is 8.69. The Morgan fingerprint density at radius 2 is 2.20 bits per heavy atom. The fourth-order valence-corrected chi connectivity index (χ4v) is 1.88. The first-order valence-corrected chi connectivity index (χ1v) is 4.79. The van der Waals surface area contributed by atoms with E-state index in [9.17, 15) is 4.79 Å². The van der Waals surface area contributed by atoms with Crippen molar-refractivity contribution in [2.45, 2.75) is 13.5 Å². The summed E-state index contributed by atoms with van der Waals surface area (Å²) < 4.78 is 3.41. The molecule has 4 nitrogen and oxygen atoms in total. The fraction of sp³-hybridized carbons (Fsp3) is 0.273. The summed E-state index contributed by atoms with van der Waals surface area (Å²) in [5.41, 5.74) is 1.16. The van der Waals surface area contributed by atoms with Crippen molar-refractivity contribution in [1.82, 2.24) is 9.36 Å². The number of aromatic nitrogens is 2. The van der Waals surface area contributed by atoms with Crippen molar-refractivity contribution >= 4 is 10.9 Å². The number of benzene rings is 1. The second-order valence-corrected chi connectivity index (χ2v) is 3.36. The fourth-order valence-electron chi connectivity index (χ4n) is 1.88. The second-order valence-electron chi connectivity index (χ2n) is 3.36. The second kappa shape index (κ2) is 3.28. The molecule has 4 heteroatoms. The molecule has 0 aliphatic heterocycles. The molecule has 0 atom stereocenters. The predicted octanol–water partition coefficient (Wildman–Crippen LogP) is 1.23. The molecule has 1 aromatic heterocycles. The summed E-state index contributed by atoms with van der Waals surface area (Å²) in [6.07, 6.45) is 0. The van der Waals surface area contributed by atoms with Gasteiger partial charge in [0.2, 0.25) is 0 Å². The average Bonchev–Trinajstić information content (AvgIpc) is 2.51. The van der Waals surface area contributed by atoms with E-state index < -0.39 is 0 Å². The first-order valence-electron chi connectivity index (χ1n) is 4.79. The summed E-state index contributed by atoms with van der Waals surface area (Å²) in [6.45, 7) is 2.52. The Labute approximate surface area is 86.9 Å².